The van der Waals surface area contributed by atoms with Crippen molar-refractivity contribution in [2.24, 2.45) is 0 Å². The summed E-state index contributed by atoms with van der Waals surface area (Å²) in [4.78, 5) is 12.6. The molecule has 0 saturated carbocycles. The van der Waals surface area contributed by atoms with E-state index < -0.39 is 0 Å². The Morgan fingerprint density at radius 2 is 2.04 bits per heavy atom. The zero-order valence-electron chi connectivity index (χ0n) is 13.6. The molecule has 3 aromatic rings. The van der Waals surface area contributed by atoms with Crippen molar-refractivity contribution >= 4 is 16.8 Å². The number of carbonyl (C=O) groups is 1. The predicted octanol–water partition coefficient (Wildman–Crippen LogP) is 2.76. The Bertz CT molecular complexity index is 983. The molecule has 0 unspecified atom stereocenters. The molecule has 1 aromatic heterocycles. The predicted molar refractivity (Wildman–Crippen MR) is 91.4 cm³/mol. The maximum absolute atomic E-state index is 12.6. The average Bonchev–Trinajstić information content (AvgIpc) is 2.89. The smallest absolute Gasteiger partial charge is 0.203 e. The van der Waals surface area contributed by atoms with Gasteiger partial charge >= 0.3 is 0 Å². The summed E-state index contributed by atoms with van der Waals surface area (Å²) in [7, 11) is 1.65. The van der Waals surface area contributed by atoms with Gasteiger partial charge in [0.05, 0.1) is 24.7 Å². The maximum Gasteiger partial charge on any atom is 0.203 e. The summed E-state index contributed by atoms with van der Waals surface area (Å²) in [6, 6.07) is 13.2. The van der Waals surface area contributed by atoms with Crippen LogP contribution in [0.3, 0.4) is 0 Å². The second kappa shape index (κ2) is 5.67. The van der Waals surface area contributed by atoms with Crippen LogP contribution in [0.1, 0.15) is 22.3 Å². The first-order chi connectivity index (χ1) is 11.7. The van der Waals surface area contributed by atoms with Gasteiger partial charge in [0, 0.05) is 18.2 Å². The van der Waals surface area contributed by atoms with Crippen LogP contribution in [0.4, 0.5) is 0 Å². The molecule has 0 spiro atoms. The molecular weight excluding hydrogens is 302 g/mol. The molecule has 0 fully saturated rings. The van der Waals surface area contributed by atoms with Gasteiger partial charge in [0.25, 0.3) is 0 Å². The van der Waals surface area contributed by atoms with Gasteiger partial charge in [0.15, 0.2) is 5.78 Å². The summed E-state index contributed by atoms with van der Waals surface area (Å²) in [6.45, 7) is 0.986. The van der Waals surface area contributed by atoms with Crippen LogP contribution in [0.2, 0.25) is 0 Å². The number of methoxy groups -OCH3 is 1. The fourth-order valence-corrected chi connectivity index (χ4v) is 3.51. The van der Waals surface area contributed by atoms with Crippen LogP contribution in [0.15, 0.2) is 42.5 Å². The van der Waals surface area contributed by atoms with Crippen LogP contribution in [0.25, 0.3) is 11.0 Å². The molecule has 2 aromatic carbocycles. The molecule has 0 amide bonds. The van der Waals surface area contributed by atoms with Gasteiger partial charge in [-0.3, -0.25) is 10.2 Å². The standard InChI is InChI=1S/C19H19N3O2/c1-24-15-10-14-8-5-9-21-18(14)16(11-15)22(19(21)20)12-17(23)13-6-3-2-4-7-13/h2-4,6-7,10-11,20H,5,8-9,12H2,1H3. The number of benzene rings is 2. The van der Waals surface area contributed by atoms with Crippen LogP contribution in [0, 0.1) is 5.41 Å². The largest absolute Gasteiger partial charge is 0.497 e. The number of rotatable bonds is 4. The summed E-state index contributed by atoms with van der Waals surface area (Å²) >= 11 is 0. The molecule has 5 heteroatoms. The lowest BCUT2D eigenvalue weighted by Crippen LogP contribution is -2.28. The number of hydrogen-bond donors (Lipinski definition) is 1. The van der Waals surface area contributed by atoms with Crippen LogP contribution < -0.4 is 10.4 Å². The summed E-state index contributed by atoms with van der Waals surface area (Å²) in [6.07, 6.45) is 1.98. The van der Waals surface area contributed by atoms with Crippen molar-refractivity contribution < 1.29 is 9.53 Å². The van der Waals surface area contributed by atoms with E-state index in [0.29, 0.717) is 11.2 Å². The first kappa shape index (κ1) is 14.8. The molecule has 5 nitrogen and oxygen atoms in total. The summed E-state index contributed by atoms with van der Waals surface area (Å²) in [5, 5.41) is 8.52. The van der Waals surface area contributed by atoms with E-state index in [9.17, 15) is 4.79 Å². The van der Waals surface area contributed by atoms with Crippen molar-refractivity contribution in [1.82, 2.24) is 9.13 Å². The number of aryl methyl sites for hydroxylation is 2. The zero-order chi connectivity index (χ0) is 16.7. The van der Waals surface area contributed by atoms with Crippen molar-refractivity contribution in [3.63, 3.8) is 0 Å². The second-order valence-corrected chi connectivity index (χ2v) is 6.11. The van der Waals surface area contributed by atoms with Crippen LogP contribution in [0.5, 0.6) is 5.75 Å². The van der Waals surface area contributed by atoms with Gasteiger partial charge < -0.3 is 13.9 Å². The first-order valence-electron chi connectivity index (χ1n) is 8.12. The molecule has 0 atom stereocenters. The van der Waals surface area contributed by atoms with Gasteiger partial charge in [-0.15, -0.1) is 0 Å². The minimum absolute atomic E-state index is 0.0109. The highest BCUT2D eigenvalue weighted by atomic mass is 16.5. The number of carbonyl (C=O) groups excluding carboxylic acids is 1. The number of nitrogens with zero attached hydrogens (tertiary/aromatic N) is 2. The minimum atomic E-state index is 0.0109. The molecule has 122 valence electrons. The summed E-state index contributed by atoms with van der Waals surface area (Å²) in [5.41, 5.74) is 4.20. The van der Waals surface area contributed by atoms with Crippen molar-refractivity contribution in [2.45, 2.75) is 25.9 Å². The van der Waals surface area contributed by atoms with E-state index in [1.54, 1.807) is 11.7 Å². The SMILES string of the molecule is COc1cc2c3c(c1)n(CC(=O)c1ccccc1)c(=N)n3CCC2. The van der Waals surface area contributed by atoms with Crippen LogP contribution in [-0.2, 0) is 19.5 Å². The Morgan fingerprint density at radius 1 is 1.25 bits per heavy atom. The Morgan fingerprint density at radius 3 is 2.79 bits per heavy atom. The molecule has 1 aliphatic rings. The van der Waals surface area contributed by atoms with Gasteiger partial charge in [0.1, 0.15) is 5.75 Å². The fourth-order valence-electron chi connectivity index (χ4n) is 3.51. The topological polar surface area (TPSA) is 60.0 Å². The second-order valence-electron chi connectivity index (χ2n) is 6.11. The molecular formula is C19H19N3O2. The third-order valence-corrected chi connectivity index (χ3v) is 4.68. The van der Waals surface area contributed by atoms with Crippen molar-refractivity contribution in [1.29, 1.82) is 5.41 Å². The van der Waals surface area contributed by atoms with Crippen LogP contribution >= 0.6 is 0 Å². The lowest BCUT2D eigenvalue weighted by molar-refractivity contribution is 0.0971. The number of hydrogen-bond acceptors (Lipinski definition) is 3. The van der Waals surface area contributed by atoms with Gasteiger partial charge in [-0.1, -0.05) is 30.3 Å². The Balaban J connectivity index is 1.87. The van der Waals surface area contributed by atoms with Gasteiger partial charge in [0.2, 0.25) is 5.62 Å². The van der Waals surface area contributed by atoms with E-state index in [1.165, 1.54) is 5.56 Å². The number of nitrogens with one attached hydrogen (secondary N) is 1. The lowest BCUT2D eigenvalue weighted by atomic mass is 10.0. The quantitative estimate of drug-likeness (QED) is 0.751. The highest BCUT2D eigenvalue weighted by Crippen LogP contribution is 2.29. The number of Topliss-reactive ketones (excluding diaryl/α,β-unsaturated/α-hetero) is 1. The Kier molecular flexibility index (Phi) is 3.49. The lowest BCUT2D eigenvalue weighted by Gasteiger charge is -2.15. The van der Waals surface area contributed by atoms with Gasteiger partial charge in [-0.25, -0.2) is 0 Å². The average molecular weight is 321 g/mol. The van der Waals surface area contributed by atoms with E-state index in [-0.39, 0.29) is 12.3 Å². The number of imidazole rings is 1. The molecule has 2 heterocycles. The molecule has 1 N–H and O–H groups in total. The van der Waals surface area contributed by atoms with Gasteiger partial charge in [-0.05, 0) is 24.5 Å². The van der Waals surface area contributed by atoms with E-state index in [1.807, 2.05) is 47.0 Å². The monoisotopic (exact) mass is 321 g/mol. The zero-order valence-corrected chi connectivity index (χ0v) is 13.6. The van der Waals surface area contributed by atoms with E-state index in [4.69, 9.17) is 10.1 Å². The van der Waals surface area contributed by atoms with E-state index in [0.717, 1.165) is 36.2 Å². The fraction of sp³-hybridized carbons (Fsp3) is 0.263. The molecule has 0 radical (unpaired) electrons. The number of ether oxygens (including phenoxy) is 1. The van der Waals surface area contributed by atoms with Crippen molar-refractivity contribution in [3.8, 4) is 5.75 Å². The third kappa shape index (κ3) is 2.24. The maximum atomic E-state index is 12.6. The molecule has 0 bridgehead atoms. The van der Waals surface area contributed by atoms with Crippen molar-refractivity contribution in [2.75, 3.05) is 7.11 Å². The Labute approximate surface area is 139 Å². The molecule has 0 aliphatic carbocycles. The highest BCUT2D eigenvalue weighted by molar-refractivity contribution is 5.96. The highest BCUT2D eigenvalue weighted by Gasteiger charge is 2.21. The van der Waals surface area contributed by atoms with Crippen LogP contribution in [-0.4, -0.2) is 22.0 Å². The molecule has 4 rings (SSSR count). The molecule has 0 saturated heterocycles. The number of aromatic nitrogens is 2. The third-order valence-electron chi connectivity index (χ3n) is 4.68. The van der Waals surface area contributed by atoms with E-state index in [2.05, 4.69) is 0 Å². The minimum Gasteiger partial charge on any atom is -0.497 e. The molecule has 24 heavy (non-hydrogen) atoms. The number of ketones is 1. The first-order valence-corrected chi connectivity index (χ1v) is 8.12. The summed E-state index contributed by atoms with van der Waals surface area (Å²) < 4.78 is 9.21. The van der Waals surface area contributed by atoms with Gasteiger partial charge in [-0.2, -0.15) is 0 Å². The normalized spacial score (nSPS) is 13.2. The Hall–Kier alpha value is -2.82. The van der Waals surface area contributed by atoms with E-state index >= 15 is 0 Å². The van der Waals surface area contributed by atoms with Crippen molar-refractivity contribution in [3.05, 3.63) is 59.2 Å². The molecule has 1 aliphatic heterocycles. The summed E-state index contributed by atoms with van der Waals surface area (Å²) in [5.74, 6) is 0.786.